The van der Waals surface area contributed by atoms with Crippen LogP contribution in [-0.2, 0) is 22.4 Å². The molecular weight excluding hydrogens is 261 g/mol. The maximum absolute atomic E-state index is 13.9. The van der Waals surface area contributed by atoms with Crippen LogP contribution in [0.4, 0.5) is 4.39 Å². The fourth-order valence-electron chi connectivity index (χ4n) is 2.51. The molecule has 2 rings (SSSR count). The Kier molecular flexibility index (Phi) is 4.06. The average Bonchev–Trinajstić information content (AvgIpc) is 2.83. The van der Waals surface area contributed by atoms with Gasteiger partial charge >= 0.3 is 5.97 Å². The number of hydrogen-bond donors (Lipinski definition) is 1. The van der Waals surface area contributed by atoms with Crippen molar-refractivity contribution in [2.75, 3.05) is 13.1 Å². The normalized spacial score (nSPS) is 22.0. The fourth-order valence-corrected chi connectivity index (χ4v) is 2.51. The molecule has 0 saturated carbocycles. The van der Waals surface area contributed by atoms with Gasteiger partial charge in [-0.1, -0.05) is 31.2 Å². The number of hydrogen-bond acceptors (Lipinski definition) is 2. The highest BCUT2D eigenvalue weighted by Crippen LogP contribution is 2.26. The molecule has 1 saturated heterocycles. The summed E-state index contributed by atoms with van der Waals surface area (Å²) in [6.07, 6.45) is 0.884. The quantitative estimate of drug-likeness (QED) is 0.914. The minimum absolute atomic E-state index is 0.135. The van der Waals surface area contributed by atoms with Crippen LogP contribution in [0.2, 0.25) is 0 Å². The number of alkyl halides is 1. The molecule has 1 heterocycles. The van der Waals surface area contributed by atoms with Crippen LogP contribution in [0.25, 0.3) is 0 Å². The summed E-state index contributed by atoms with van der Waals surface area (Å²) >= 11 is 0. The first kappa shape index (κ1) is 14.5. The minimum atomic E-state index is -2.29. The third kappa shape index (κ3) is 2.81. The first-order valence-corrected chi connectivity index (χ1v) is 6.73. The maximum atomic E-state index is 13.9. The number of carboxylic acids is 1. The predicted octanol–water partition coefficient (Wildman–Crippen LogP) is 1.82. The number of benzene rings is 1. The van der Waals surface area contributed by atoms with Crippen LogP contribution in [0.1, 0.15) is 24.5 Å². The van der Waals surface area contributed by atoms with Crippen LogP contribution in [0.5, 0.6) is 0 Å². The van der Waals surface area contributed by atoms with E-state index in [1.54, 1.807) is 0 Å². The van der Waals surface area contributed by atoms with Crippen LogP contribution in [0, 0.1) is 0 Å². The van der Waals surface area contributed by atoms with E-state index in [4.69, 9.17) is 5.11 Å². The van der Waals surface area contributed by atoms with E-state index in [0.717, 1.165) is 17.5 Å². The van der Waals surface area contributed by atoms with Gasteiger partial charge in [-0.05, 0) is 17.5 Å². The summed E-state index contributed by atoms with van der Waals surface area (Å²) in [4.78, 5) is 24.3. The molecule has 1 fully saturated rings. The highest BCUT2D eigenvalue weighted by Gasteiger charge is 2.46. The van der Waals surface area contributed by atoms with Gasteiger partial charge < -0.3 is 10.0 Å². The fraction of sp³-hybridized carbons (Fsp3) is 0.467. The average molecular weight is 279 g/mol. The third-order valence-electron chi connectivity index (χ3n) is 3.80. The Morgan fingerprint density at radius 1 is 1.35 bits per heavy atom. The number of carbonyl (C=O) groups is 2. The summed E-state index contributed by atoms with van der Waals surface area (Å²) in [6.45, 7) is 1.82. The number of aryl methyl sites for hydroxylation is 1. The second-order valence-electron chi connectivity index (χ2n) is 5.13. The van der Waals surface area contributed by atoms with E-state index in [9.17, 15) is 14.0 Å². The van der Waals surface area contributed by atoms with Gasteiger partial charge in [-0.25, -0.2) is 9.18 Å². The smallest absolute Gasteiger partial charge is 0.343 e. The van der Waals surface area contributed by atoms with Crippen molar-refractivity contribution in [3.63, 3.8) is 0 Å². The van der Waals surface area contributed by atoms with E-state index >= 15 is 0 Å². The van der Waals surface area contributed by atoms with Crippen LogP contribution in [0.3, 0.4) is 0 Å². The maximum Gasteiger partial charge on any atom is 0.343 e. The van der Waals surface area contributed by atoms with E-state index in [2.05, 4.69) is 0 Å². The Hall–Kier alpha value is -1.91. The number of nitrogens with zero attached hydrogens (tertiary/aromatic N) is 1. The number of aliphatic carboxylic acids is 1. The van der Waals surface area contributed by atoms with E-state index in [1.807, 2.05) is 31.2 Å². The van der Waals surface area contributed by atoms with E-state index < -0.39 is 11.6 Å². The Morgan fingerprint density at radius 3 is 2.55 bits per heavy atom. The topological polar surface area (TPSA) is 57.6 Å². The molecule has 0 aliphatic carbocycles. The zero-order valence-corrected chi connectivity index (χ0v) is 11.4. The Bertz CT molecular complexity index is 532. The van der Waals surface area contributed by atoms with Gasteiger partial charge in [0.2, 0.25) is 11.6 Å². The standard InChI is InChI=1S/C15H18FNO3/c1-2-11-5-3-4-6-12(11)9-13(18)17-8-7-15(16,10-17)14(19)20/h3-6H,2,7-10H2,1H3,(H,19,20). The Morgan fingerprint density at radius 2 is 2.00 bits per heavy atom. The first-order chi connectivity index (χ1) is 9.46. The molecule has 1 aliphatic heterocycles. The highest BCUT2D eigenvalue weighted by atomic mass is 19.1. The summed E-state index contributed by atoms with van der Waals surface area (Å²) in [5, 5.41) is 8.83. The van der Waals surface area contributed by atoms with Gasteiger partial charge in [0.25, 0.3) is 0 Å². The van der Waals surface area contributed by atoms with E-state index in [0.29, 0.717) is 0 Å². The number of rotatable bonds is 4. The van der Waals surface area contributed by atoms with Gasteiger partial charge in [0.05, 0.1) is 13.0 Å². The lowest BCUT2D eigenvalue weighted by Crippen LogP contribution is -2.39. The summed E-state index contributed by atoms with van der Waals surface area (Å²) in [5.74, 6) is -1.70. The van der Waals surface area contributed by atoms with Crippen LogP contribution >= 0.6 is 0 Å². The van der Waals surface area contributed by atoms with Crippen molar-refractivity contribution in [3.05, 3.63) is 35.4 Å². The molecule has 1 aromatic rings. The molecule has 1 amide bonds. The number of amides is 1. The van der Waals surface area contributed by atoms with Gasteiger partial charge in [-0.3, -0.25) is 4.79 Å². The lowest BCUT2D eigenvalue weighted by atomic mass is 10.0. The lowest BCUT2D eigenvalue weighted by Gasteiger charge is -2.18. The molecule has 1 aliphatic rings. The molecule has 0 spiro atoms. The zero-order chi connectivity index (χ0) is 14.8. The van der Waals surface area contributed by atoms with Gasteiger partial charge in [-0.15, -0.1) is 0 Å². The molecule has 4 nitrogen and oxygen atoms in total. The monoisotopic (exact) mass is 279 g/mol. The molecule has 1 unspecified atom stereocenters. The number of halogens is 1. The number of carbonyl (C=O) groups excluding carboxylic acids is 1. The largest absolute Gasteiger partial charge is 0.479 e. The van der Waals surface area contributed by atoms with Crippen molar-refractivity contribution in [2.45, 2.75) is 31.9 Å². The number of likely N-dealkylation sites (tertiary alicyclic amines) is 1. The van der Waals surface area contributed by atoms with Crippen LogP contribution in [0.15, 0.2) is 24.3 Å². The second-order valence-corrected chi connectivity index (χ2v) is 5.13. The van der Waals surface area contributed by atoms with Gasteiger partial charge in [0, 0.05) is 13.0 Å². The zero-order valence-electron chi connectivity index (χ0n) is 11.4. The molecule has 5 heteroatoms. The molecule has 1 N–H and O–H groups in total. The highest BCUT2D eigenvalue weighted by molar-refractivity contribution is 5.83. The third-order valence-corrected chi connectivity index (χ3v) is 3.80. The SMILES string of the molecule is CCc1ccccc1CC(=O)N1CCC(F)(C(=O)O)C1. The minimum Gasteiger partial charge on any atom is -0.479 e. The molecule has 20 heavy (non-hydrogen) atoms. The molecular formula is C15H18FNO3. The summed E-state index contributed by atoms with van der Waals surface area (Å²) in [7, 11) is 0. The molecule has 1 atom stereocenters. The summed E-state index contributed by atoms with van der Waals surface area (Å²) < 4.78 is 13.9. The molecule has 0 bridgehead atoms. The van der Waals surface area contributed by atoms with Gasteiger partial charge in [0.1, 0.15) is 0 Å². The van der Waals surface area contributed by atoms with Crippen molar-refractivity contribution in [1.82, 2.24) is 4.90 Å². The van der Waals surface area contributed by atoms with Crippen molar-refractivity contribution in [3.8, 4) is 0 Å². The molecule has 1 aromatic carbocycles. The number of carboxylic acid groups (broad SMARTS) is 1. The first-order valence-electron chi connectivity index (χ1n) is 6.73. The Balaban J connectivity index is 2.05. The molecule has 0 radical (unpaired) electrons. The van der Waals surface area contributed by atoms with Crippen molar-refractivity contribution < 1.29 is 19.1 Å². The summed E-state index contributed by atoms with van der Waals surface area (Å²) in [6, 6.07) is 7.62. The van der Waals surface area contributed by atoms with E-state index in [1.165, 1.54) is 4.90 Å². The van der Waals surface area contributed by atoms with Gasteiger partial charge in [-0.2, -0.15) is 0 Å². The van der Waals surface area contributed by atoms with Crippen molar-refractivity contribution in [2.24, 2.45) is 0 Å². The lowest BCUT2D eigenvalue weighted by molar-refractivity contribution is -0.150. The van der Waals surface area contributed by atoms with Crippen LogP contribution < -0.4 is 0 Å². The Labute approximate surface area is 117 Å². The molecule has 0 aromatic heterocycles. The van der Waals surface area contributed by atoms with Crippen molar-refractivity contribution >= 4 is 11.9 Å². The molecule has 108 valence electrons. The van der Waals surface area contributed by atoms with Crippen molar-refractivity contribution in [1.29, 1.82) is 0 Å². The van der Waals surface area contributed by atoms with E-state index in [-0.39, 0.29) is 31.8 Å². The second kappa shape index (κ2) is 5.61. The summed E-state index contributed by atoms with van der Waals surface area (Å²) in [5.41, 5.74) is -0.281. The van der Waals surface area contributed by atoms with Crippen LogP contribution in [-0.4, -0.2) is 40.6 Å². The predicted molar refractivity (Wildman–Crippen MR) is 72.2 cm³/mol. The van der Waals surface area contributed by atoms with Gasteiger partial charge in [0.15, 0.2) is 0 Å².